The van der Waals surface area contributed by atoms with E-state index in [9.17, 15) is 14.4 Å². The number of aryl methyl sites for hydroxylation is 1. The van der Waals surface area contributed by atoms with Crippen molar-refractivity contribution in [2.45, 2.75) is 42.5 Å². The number of halogens is 1. The third-order valence-electron chi connectivity index (χ3n) is 4.74. The molecule has 1 atom stereocenters. The van der Waals surface area contributed by atoms with Gasteiger partial charge in [-0.15, -0.1) is 10.2 Å². The van der Waals surface area contributed by atoms with Gasteiger partial charge in [0.1, 0.15) is 5.82 Å². The minimum Gasteiger partial charge on any atom is -0.370 e. The minimum atomic E-state index is -0.430. The van der Waals surface area contributed by atoms with Gasteiger partial charge in [-0.25, -0.2) is 0 Å². The molecule has 2 heterocycles. The van der Waals surface area contributed by atoms with Crippen molar-refractivity contribution in [1.82, 2.24) is 19.7 Å². The Morgan fingerprint density at radius 1 is 1.24 bits per heavy atom. The van der Waals surface area contributed by atoms with Crippen molar-refractivity contribution < 1.29 is 14.4 Å². The molecule has 3 rings (SSSR count). The van der Waals surface area contributed by atoms with Gasteiger partial charge in [0.05, 0.1) is 5.25 Å². The fourth-order valence-corrected chi connectivity index (χ4v) is 4.34. The number of carbonyl (C=O) groups is 3. The maximum absolute atomic E-state index is 13.1. The SMILES string of the molecule is Cn1c(CCC(N)=O)nnc1SC1CCCCN(C(=O)c2ccc(Cl)cc2)C1=O. The summed E-state index contributed by atoms with van der Waals surface area (Å²) in [5.74, 6) is -0.326. The van der Waals surface area contributed by atoms with Gasteiger partial charge in [0.15, 0.2) is 5.16 Å². The fourth-order valence-electron chi connectivity index (χ4n) is 3.09. The molecule has 8 nitrogen and oxygen atoms in total. The van der Waals surface area contributed by atoms with Crippen molar-refractivity contribution in [3.63, 3.8) is 0 Å². The second kappa shape index (κ2) is 9.41. The minimum absolute atomic E-state index is 0.183. The molecule has 0 spiro atoms. The summed E-state index contributed by atoms with van der Waals surface area (Å²) in [6.07, 6.45) is 2.81. The van der Waals surface area contributed by atoms with E-state index >= 15 is 0 Å². The van der Waals surface area contributed by atoms with E-state index in [1.807, 2.05) is 0 Å². The van der Waals surface area contributed by atoms with Crippen molar-refractivity contribution in [3.8, 4) is 0 Å². The van der Waals surface area contributed by atoms with Gasteiger partial charge in [-0.1, -0.05) is 29.8 Å². The summed E-state index contributed by atoms with van der Waals surface area (Å²) >= 11 is 7.19. The first-order valence-corrected chi connectivity index (χ1v) is 10.6. The number of carbonyl (C=O) groups excluding carboxylic acids is 3. The quantitative estimate of drug-likeness (QED) is 0.696. The highest BCUT2D eigenvalue weighted by molar-refractivity contribution is 8.00. The number of imide groups is 1. The molecule has 29 heavy (non-hydrogen) atoms. The van der Waals surface area contributed by atoms with Gasteiger partial charge in [-0.2, -0.15) is 0 Å². The van der Waals surface area contributed by atoms with E-state index < -0.39 is 11.2 Å². The molecule has 10 heteroatoms. The molecule has 3 amide bonds. The monoisotopic (exact) mass is 435 g/mol. The van der Waals surface area contributed by atoms with Gasteiger partial charge in [0.2, 0.25) is 11.8 Å². The van der Waals surface area contributed by atoms with Crippen molar-refractivity contribution >= 4 is 41.1 Å². The highest BCUT2D eigenvalue weighted by Crippen LogP contribution is 2.30. The Balaban J connectivity index is 1.74. The Morgan fingerprint density at radius 3 is 2.66 bits per heavy atom. The first kappa shape index (κ1) is 21.3. The van der Waals surface area contributed by atoms with E-state index in [2.05, 4.69) is 10.2 Å². The largest absolute Gasteiger partial charge is 0.370 e. The molecule has 2 N–H and O–H groups in total. The van der Waals surface area contributed by atoms with E-state index in [4.69, 9.17) is 17.3 Å². The summed E-state index contributed by atoms with van der Waals surface area (Å²) in [6.45, 7) is 0.389. The van der Waals surface area contributed by atoms with Gasteiger partial charge in [-0.05, 0) is 37.1 Å². The molecule has 2 aromatic rings. The maximum atomic E-state index is 13.1. The second-order valence-corrected chi connectivity index (χ2v) is 8.43. The van der Waals surface area contributed by atoms with Crippen LogP contribution in [-0.4, -0.2) is 49.2 Å². The Hall–Kier alpha value is -2.39. The van der Waals surface area contributed by atoms with Crippen LogP contribution in [0.5, 0.6) is 0 Å². The number of aromatic nitrogens is 3. The van der Waals surface area contributed by atoms with Gasteiger partial charge in [0.25, 0.3) is 5.91 Å². The zero-order valence-electron chi connectivity index (χ0n) is 16.0. The van der Waals surface area contributed by atoms with Crippen molar-refractivity contribution in [3.05, 3.63) is 40.7 Å². The van der Waals surface area contributed by atoms with Crippen LogP contribution in [0.3, 0.4) is 0 Å². The molecule has 0 saturated carbocycles. The molecule has 1 saturated heterocycles. The van der Waals surface area contributed by atoms with Gasteiger partial charge in [-0.3, -0.25) is 19.3 Å². The molecule has 0 aliphatic carbocycles. The predicted molar refractivity (Wildman–Crippen MR) is 110 cm³/mol. The number of hydrogen-bond acceptors (Lipinski definition) is 6. The van der Waals surface area contributed by atoms with Crippen LogP contribution in [0.15, 0.2) is 29.4 Å². The second-order valence-electron chi connectivity index (χ2n) is 6.83. The Labute approximate surface area is 177 Å². The zero-order chi connectivity index (χ0) is 21.0. The standard InChI is InChI=1S/C19H22ClN5O3S/c1-24-16(10-9-15(21)26)22-23-19(24)29-14-4-2-3-11-25(18(14)28)17(27)12-5-7-13(20)8-6-12/h5-8,14H,2-4,9-11H2,1H3,(H2,21,26). The Bertz CT molecular complexity index is 915. The molecule has 1 aromatic heterocycles. The topological polar surface area (TPSA) is 111 Å². The van der Waals surface area contributed by atoms with Crippen LogP contribution in [0.25, 0.3) is 0 Å². The highest BCUT2D eigenvalue weighted by Gasteiger charge is 2.33. The number of rotatable bonds is 6. The molecule has 0 radical (unpaired) electrons. The third-order valence-corrected chi connectivity index (χ3v) is 6.28. The summed E-state index contributed by atoms with van der Waals surface area (Å²) in [5.41, 5.74) is 5.62. The third kappa shape index (κ3) is 5.16. The Morgan fingerprint density at radius 2 is 1.97 bits per heavy atom. The molecular formula is C19H22ClN5O3S. The summed E-state index contributed by atoms with van der Waals surface area (Å²) < 4.78 is 1.76. The smallest absolute Gasteiger partial charge is 0.260 e. The van der Waals surface area contributed by atoms with Crippen LogP contribution in [0.2, 0.25) is 5.02 Å². The number of nitrogens with zero attached hydrogens (tertiary/aromatic N) is 4. The van der Waals surface area contributed by atoms with Crippen LogP contribution in [-0.2, 0) is 23.1 Å². The number of primary amides is 1. The summed E-state index contributed by atoms with van der Waals surface area (Å²) in [5, 5.41) is 8.91. The van der Waals surface area contributed by atoms with E-state index in [1.54, 1.807) is 35.9 Å². The molecule has 1 aromatic carbocycles. The van der Waals surface area contributed by atoms with E-state index in [1.165, 1.54) is 16.7 Å². The average molecular weight is 436 g/mol. The van der Waals surface area contributed by atoms with E-state index in [-0.39, 0.29) is 18.2 Å². The van der Waals surface area contributed by atoms with Gasteiger partial charge < -0.3 is 10.3 Å². The molecule has 1 aliphatic rings. The lowest BCUT2D eigenvalue weighted by Gasteiger charge is -2.22. The zero-order valence-corrected chi connectivity index (χ0v) is 17.6. The van der Waals surface area contributed by atoms with Crippen molar-refractivity contribution in [2.24, 2.45) is 12.8 Å². The normalized spacial score (nSPS) is 17.2. The molecule has 1 aliphatic heterocycles. The van der Waals surface area contributed by atoms with Crippen LogP contribution in [0, 0.1) is 0 Å². The lowest BCUT2D eigenvalue weighted by molar-refractivity contribution is -0.127. The molecule has 1 unspecified atom stereocenters. The van der Waals surface area contributed by atoms with Crippen molar-refractivity contribution in [1.29, 1.82) is 0 Å². The van der Waals surface area contributed by atoms with Crippen LogP contribution < -0.4 is 5.73 Å². The van der Waals surface area contributed by atoms with E-state index in [0.717, 1.165) is 12.8 Å². The average Bonchev–Trinajstić information content (AvgIpc) is 2.93. The first-order chi connectivity index (χ1) is 13.9. The first-order valence-electron chi connectivity index (χ1n) is 9.31. The van der Waals surface area contributed by atoms with E-state index in [0.29, 0.717) is 41.0 Å². The number of likely N-dealkylation sites (tertiary alicyclic amines) is 1. The lowest BCUT2D eigenvalue weighted by Crippen LogP contribution is -2.41. The number of hydrogen-bond donors (Lipinski definition) is 1. The number of thioether (sulfide) groups is 1. The maximum Gasteiger partial charge on any atom is 0.260 e. The molecular weight excluding hydrogens is 414 g/mol. The van der Waals surface area contributed by atoms with Crippen LogP contribution in [0.1, 0.15) is 41.9 Å². The van der Waals surface area contributed by atoms with Gasteiger partial charge >= 0.3 is 0 Å². The summed E-state index contributed by atoms with van der Waals surface area (Å²) in [7, 11) is 1.79. The molecule has 154 valence electrons. The predicted octanol–water partition coefficient (Wildman–Crippen LogP) is 2.20. The number of nitrogens with two attached hydrogens (primary N) is 1. The Kier molecular flexibility index (Phi) is 6.92. The highest BCUT2D eigenvalue weighted by atomic mass is 35.5. The van der Waals surface area contributed by atoms with Gasteiger partial charge in [0, 0.05) is 37.0 Å². The van der Waals surface area contributed by atoms with Crippen molar-refractivity contribution in [2.75, 3.05) is 6.54 Å². The van der Waals surface area contributed by atoms with Crippen LogP contribution >= 0.6 is 23.4 Å². The number of benzene rings is 1. The summed E-state index contributed by atoms with van der Waals surface area (Å²) in [6, 6.07) is 6.52. The molecule has 1 fully saturated rings. The summed E-state index contributed by atoms with van der Waals surface area (Å²) in [4.78, 5) is 38.3. The fraction of sp³-hybridized carbons (Fsp3) is 0.421. The lowest BCUT2D eigenvalue weighted by atomic mass is 10.2. The molecule has 0 bridgehead atoms. The number of amides is 3. The van der Waals surface area contributed by atoms with Crippen LogP contribution in [0.4, 0.5) is 0 Å².